The standard InChI is InChI=1S/C11H19NO2.C2H6/c1-3-5-11-9(2)8-10(14-11)6-4-7-13-12;1-2/h3,10-11H,1-2,4-8,12H2;1-2H3/t10-,11-;/m0./s1. The first-order valence-corrected chi connectivity index (χ1v) is 6.03. The van der Waals surface area contributed by atoms with Crippen LogP contribution in [0.4, 0.5) is 0 Å². The van der Waals surface area contributed by atoms with E-state index < -0.39 is 0 Å². The molecular weight excluding hydrogens is 202 g/mol. The monoisotopic (exact) mass is 227 g/mol. The van der Waals surface area contributed by atoms with Gasteiger partial charge in [-0.25, -0.2) is 5.90 Å². The van der Waals surface area contributed by atoms with Crippen molar-refractivity contribution in [3.05, 3.63) is 24.8 Å². The molecule has 0 aromatic heterocycles. The fraction of sp³-hybridized carbons (Fsp3) is 0.692. The summed E-state index contributed by atoms with van der Waals surface area (Å²) >= 11 is 0. The Morgan fingerprint density at radius 1 is 1.56 bits per heavy atom. The predicted octanol–water partition coefficient (Wildman–Crippen LogP) is 2.97. The Kier molecular flexibility index (Phi) is 9.19. The number of hydrogen-bond acceptors (Lipinski definition) is 3. The summed E-state index contributed by atoms with van der Waals surface area (Å²) in [6.45, 7) is 12.3. The molecule has 1 rings (SSSR count). The van der Waals surface area contributed by atoms with Gasteiger partial charge in [-0.1, -0.05) is 26.5 Å². The molecule has 3 heteroatoms. The first-order valence-electron chi connectivity index (χ1n) is 6.03. The molecule has 0 aliphatic carbocycles. The summed E-state index contributed by atoms with van der Waals surface area (Å²) in [6, 6.07) is 0. The minimum Gasteiger partial charge on any atom is -0.370 e. The van der Waals surface area contributed by atoms with Crippen molar-refractivity contribution in [2.45, 2.75) is 51.7 Å². The second kappa shape index (κ2) is 9.58. The Labute approximate surface area is 99.3 Å². The predicted molar refractivity (Wildman–Crippen MR) is 68.0 cm³/mol. The molecule has 0 saturated carbocycles. The van der Waals surface area contributed by atoms with E-state index in [4.69, 9.17) is 10.6 Å². The summed E-state index contributed by atoms with van der Waals surface area (Å²) in [6.07, 6.45) is 6.10. The van der Waals surface area contributed by atoms with E-state index in [1.165, 1.54) is 5.57 Å². The van der Waals surface area contributed by atoms with Crippen LogP contribution in [0.1, 0.15) is 39.5 Å². The van der Waals surface area contributed by atoms with Gasteiger partial charge in [0.2, 0.25) is 0 Å². The van der Waals surface area contributed by atoms with Crippen LogP contribution in [0, 0.1) is 0 Å². The van der Waals surface area contributed by atoms with Crippen LogP contribution < -0.4 is 5.90 Å². The fourth-order valence-electron chi connectivity index (χ4n) is 1.74. The van der Waals surface area contributed by atoms with E-state index in [1.807, 2.05) is 19.9 Å². The first-order chi connectivity index (χ1) is 7.77. The molecule has 0 unspecified atom stereocenters. The van der Waals surface area contributed by atoms with Crippen LogP contribution in [0.2, 0.25) is 0 Å². The maximum Gasteiger partial charge on any atom is 0.0821 e. The van der Waals surface area contributed by atoms with Crippen LogP contribution in [-0.2, 0) is 9.57 Å². The molecule has 94 valence electrons. The smallest absolute Gasteiger partial charge is 0.0821 e. The average Bonchev–Trinajstić information content (AvgIpc) is 2.64. The zero-order valence-corrected chi connectivity index (χ0v) is 10.6. The van der Waals surface area contributed by atoms with Gasteiger partial charge in [0.05, 0.1) is 18.8 Å². The Morgan fingerprint density at radius 2 is 2.25 bits per heavy atom. The van der Waals surface area contributed by atoms with E-state index >= 15 is 0 Å². The van der Waals surface area contributed by atoms with Gasteiger partial charge in [-0.2, -0.15) is 0 Å². The summed E-state index contributed by atoms with van der Waals surface area (Å²) in [4.78, 5) is 4.51. The van der Waals surface area contributed by atoms with Crippen molar-refractivity contribution < 1.29 is 9.57 Å². The van der Waals surface area contributed by atoms with Crippen molar-refractivity contribution in [1.29, 1.82) is 0 Å². The van der Waals surface area contributed by atoms with Gasteiger partial charge in [0.1, 0.15) is 0 Å². The minimum atomic E-state index is 0.177. The highest BCUT2D eigenvalue weighted by Crippen LogP contribution is 2.29. The van der Waals surface area contributed by atoms with E-state index in [2.05, 4.69) is 18.0 Å². The van der Waals surface area contributed by atoms with Crippen LogP contribution in [0.25, 0.3) is 0 Å². The van der Waals surface area contributed by atoms with E-state index in [9.17, 15) is 0 Å². The van der Waals surface area contributed by atoms with Gasteiger partial charge in [0.25, 0.3) is 0 Å². The molecule has 1 heterocycles. The molecule has 3 nitrogen and oxygen atoms in total. The number of ether oxygens (including phenoxy) is 1. The molecule has 0 aromatic rings. The molecule has 2 N–H and O–H groups in total. The van der Waals surface area contributed by atoms with E-state index in [0.29, 0.717) is 12.7 Å². The molecule has 2 atom stereocenters. The molecule has 0 bridgehead atoms. The lowest BCUT2D eigenvalue weighted by atomic mass is 10.0. The number of hydrogen-bond donors (Lipinski definition) is 1. The van der Waals surface area contributed by atoms with Gasteiger partial charge in [0.15, 0.2) is 0 Å². The molecule has 0 spiro atoms. The molecule has 1 aliphatic heterocycles. The van der Waals surface area contributed by atoms with Crippen LogP contribution >= 0.6 is 0 Å². The van der Waals surface area contributed by atoms with Crippen molar-refractivity contribution in [2.75, 3.05) is 6.61 Å². The van der Waals surface area contributed by atoms with E-state index in [-0.39, 0.29) is 6.10 Å². The van der Waals surface area contributed by atoms with Gasteiger partial charge in [-0.15, -0.1) is 6.58 Å². The van der Waals surface area contributed by atoms with Crippen molar-refractivity contribution in [3.8, 4) is 0 Å². The van der Waals surface area contributed by atoms with Gasteiger partial charge in [-0.3, -0.25) is 0 Å². The quantitative estimate of drug-likeness (QED) is 0.431. The van der Waals surface area contributed by atoms with Gasteiger partial charge in [-0.05, 0) is 31.3 Å². The van der Waals surface area contributed by atoms with E-state index in [1.54, 1.807) is 0 Å². The third-order valence-electron chi connectivity index (χ3n) is 2.47. The number of nitrogens with two attached hydrogens (primary N) is 1. The average molecular weight is 227 g/mol. The van der Waals surface area contributed by atoms with Gasteiger partial charge >= 0.3 is 0 Å². The molecule has 0 radical (unpaired) electrons. The lowest BCUT2D eigenvalue weighted by molar-refractivity contribution is 0.0400. The van der Waals surface area contributed by atoms with Crippen LogP contribution in [-0.4, -0.2) is 18.8 Å². The van der Waals surface area contributed by atoms with Gasteiger partial charge in [0, 0.05) is 0 Å². The van der Waals surface area contributed by atoms with Crippen molar-refractivity contribution in [1.82, 2.24) is 0 Å². The lowest BCUT2D eigenvalue weighted by Crippen LogP contribution is -2.12. The van der Waals surface area contributed by atoms with Gasteiger partial charge < -0.3 is 9.57 Å². The highest BCUT2D eigenvalue weighted by molar-refractivity contribution is 5.10. The molecule has 16 heavy (non-hydrogen) atoms. The van der Waals surface area contributed by atoms with Crippen molar-refractivity contribution in [3.63, 3.8) is 0 Å². The highest BCUT2D eigenvalue weighted by Gasteiger charge is 2.26. The Hall–Kier alpha value is -0.640. The summed E-state index contributed by atoms with van der Waals surface area (Å²) in [7, 11) is 0. The molecule has 1 aliphatic rings. The minimum absolute atomic E-state index is 0.177. The molecule has 0 amide bonds. The zero-order valence-electron chi connectivity index (χ0n) is 10.6. The molecule has 0 aromatic carbocycles. The largest absolute Gasteiger partial charge is 0.370 e. The van der Waals surface area contributed by atoms with Crippen LogP contribution in [0.15, 0.2) is 24.8 Å². The molecule has 1 fully saturated rings. The van der Waals surface area contributed by atoms with Crippen LogP contribution in [0.5, 0.6) is 0 Å². The molecule has 1 saturated heterocycles. The maximum atomic E-state index is 5.79. The summed E-state index contributed by atoms with van der Waals surface area (Å²) in [5.41, 5.74) is 1.18. The Morgan fingerprint density at radius 3 is 2.81 bits per heavy atom. The summed E-state index contributed by atoms with van der Waals surface area (Å²) in [5.74, 6) is 4.94. The Bertz CT molecular complexity index is 204. The SMILES string of the molecule is C=CC[C@@H]1O[C@@H](CCCON)CC1=C.CC. The molecular formula is C13H25NO2. The second-order valence-electron chi connectivity index (χ2n) is 3.65. The number of rotatable bonds is 6. The maximum absolute atomic E-state index is 5.79. The summed E-state index contributed by atoms with van der Waals surface area (Å²) < 4.78 is 5.79. The normalized spacial score (nSPS) is 23.8. The second-order valence-corrected chi connectivity index (χ2v) is 3.65. The Balaban J connectivity index is 0.00000106. The highest BCUT2D eigenvalue weighted by atomic mass is 16.6. The fourth-order valence-corrected chi connectivity index (χ4v) is 1.74. The zero-order chi connectivity index (χ0) is 12.4. The van der Waals surface area contributed by atoms with Crippen molar-refractivity contribution >= 4 is 0 Å². The summed E-state index contributed by atoms with van der Waals surface area (Å²) in [5, 5.41) is 0. The van der Waals surface area contributed by atoms with E-state index in [0.717, 1.165) is 25.7 Å². The third kappa shape index (κ3) is 5.45. The first kappa shape index (κ1) is 15.4. The van der Waals surface area contributed by atoms with Crippen LogP contribution in [0.3, 0.4) is 0 Å². The van der Waals surface area contributed by atoms with Crippen molar-refractivity contribution in [2.24, 2.45) is 5.90 Å². The third-order valence-corrected chi connectivity index (χ3v) is 2.47. The lowest BCUT2D eigenvalue weighted by Gasteiger charge is -2.11. The topological polar surface area (TPSA) is 44.5 Å².